The molecule has 2 aromatic heterocycles. The maximum absolute atomic E-state index is 12.2. The van der Waals surface area contributed by atoms with E-state index in [0.717, 1.165) is 28.6 Å². The van der Waals surface area contributed by atoms with Crippen LogP contribution >= 0.6 is 11.3 Å². The summed E-state index contributed by atoms with van der Waals surface area (Å²) < 4.78 is 0. The number of hydrogen-bond donors (Lipinski definition) is 2. The lowest BCUT2D eigenvalue weighted by Gasteiger charge is -2.14. The highest BCUT2D eigenvalue weighted by Gasteiger charge is 2.09. The van der Waals surface area contributed by atoms with Crippen molar-refractivity contribution in [2.75, 3.05) is 29.6 Å². The van der Waals surface area contributed by atoms with Gasteiger partial charge in [-0.2, -0.15) is 0 Å². The standard InChI is InChI=1S/C19H21N5OS/c1-12-9-16(26-11-12)19(25)23-15-7-5-14(6-8-15)22-17-10-18(24(3)4)21-13(2)20-17/h5-11H,1-4H3,(H,23,25)(H,20,21,22). The highest BCUT2D eigenvalue weighted by atomic mass is 32.1. The fourth-order valence-electron chi connectivity index (χ4n) is 2.37. The van der Waals surface area contributed by atoms with Gasteiger partial charge in [0.1, 0.15) is 17.5 Å². The number of nitrogens with zero attached hydrogens (tertiary/aromatic N) is 3. The molecule has 0 aliphatic carbocycles. The first-order chi connectivity index (χ1) is 12.4. The lowest BCUT2D eigenvalue weighted by molar-refractivity contribution is 0.103. The van der Waals surface area contributed by atoms with Gasteiger partial charge in [0.05, 0.1) is 4.88 Å². The van der Waals surface area contributed by atoms with Gasteiger partial charge in [0.15, 0.2) is 0 Å². The van der Waals surface area contributed by atoms with E-state index in [0.29, 0.717) is 10.7 Å². The molecule has 0 bridgehead atoms. The summed E-state index contributed by atoms with van der Waals surface area (Å²) in [6.45, 7) is 3.84. The van der Waals surface area contributed by atoms with Crippen molar-refractivity contribution in [3.8, 4) is 0 Å². The monoisotopic (exact) mass is 367 g/mol. The van der Waals surface area contributed by atoms with Crippen molar-refractivity contribution in [2.45, 2.75) is 13.8 Å². The summed E-state index contributed by atoms with van der Waals surface area (Å²) in [6, 6.07) is 11.3. The second-order valence-electron chi connectivity index (χ2n) is 6.20. The summed E-state index contributed by atoms with van der Waals surface area (Å²) in [6.07, 6.45) is 0. The maximum Gasteiger partial charge on any atom is 0.265 e. The van der Waals surface area contributed by atoms with Crippen LogP contribution in [-0.4, -0.2) is 30.0 Å². The first kappa shape index (κ1) is 17.9. The first-order valence-electron chi connectivity index (χ1n) is 8.17. The average Bonchev–Trinajstić information content (AvgIpc) is 3.03. The molecule has 134 valence electrons. The molecular formula is C19H21N5OS. The Morgan fingerprint density at radius 3 is 2.35 bits per heavy atom. The molecule has 0 aliphatic heterocycles. The Bertz CT molecular complexity index is 918. The molecule has 6 nitrogen and oxygen atoms in total. The summed E-state index contributed by atoms with van der Waals surface area (Å²) in [7, 11) is 3.89. The number of amides is 1. The van der Waals surface area contributed by atoms with Gasteiger partial charge in [0.2, 0.25) is 0 Å². The Morgan fingerprint density at radius 1 is 1.04 bits per heavy atom. The zero-order valence-electron chi connectivity index (χ0n) is 15.2. The van der Waals surface area contributed by atoms with E-state index in [-0.39, 0.29) is 5.91 Å². The summed E-state index contributed by atoms with van der Waals surface area (Å²) in [4.78, 5) is 23.6. The van der Waals surface area contributed by atoms with E-state index in [4.69, 9.17) is 0 Å². The van der Waals surface area contributed by atoms with Crippen molar-refractivity contribution in [2.24, 2.45) is 0 Å². The van der Waals surface area contributed by atoms with E-state index < -0.39 is 0 Å². The molecule has 0 unspecified atom stereocenters. The third-order valence-corrected chi connectivity index (χ3v) is 4.70. The third kappa shape index (κ3) is 4.37. The Balaban J connectivity index is 1.69. The predicted octanol–water partition coefficient (Wildman–Crippen LogP) is 4.22. The molecular weight excluding hydrogens is 346 g/mol. The van der Waals surface area contributed by atoms with Gasteiger partial charge in [-0.1, -0.05) is 0 Å². The number of rotatable bonds is 5. The molecule has 0 saturated carbocycles. The van der Waals surface area contributed by atoms with Crippen LogP contribution in [0.3, 0.4) is 0 Å². The van der Waals surface area contributed by atoms with E-state index in [2.05, 4.69) is 20.6 Å². The quantitative estimate of drug-likeness (QED) is 0.707. The minimum atomic E-state index is -0.0918. The molecule has 0 fully saturated rings. The molecule has 3 aromatic rings. The van der Waals surface area contributed by atoms with Gasteiger partial charge < -0.3 is 15.5 Å². The number of aryl methyl sites for hydroxylation is 2. The Morgan fingerprint density at radius 2 is 1.73 bits per heavy atom. The van der Waals surface area contributed by atoms with Gasteiger partial charge in [0, 0.05) is 31.5 Å². The molecule has 0 radical (unpaired) electrons. The summed E-state index contributed by atoms with van der Waals surface area (Å²) in [5.74, 6) is 2.18. The molecule has 0 saturated heterocycles. The Kier molecular flexibility index (Phi) is 5.18. The number of benzene rings is 1. The summed E-state index contributed by atoms with van der Waals surface area (Å²) >= 11 is 1.44. The number of carbonyl (C=O) groups excluding carboxylic acids is 1. The topological polar surface area (TPSA) is 70.2 Å². The maximum atomic E-state index is 12.2. The molecule has 1 amide bonds. The minimum Gasteiger partial charge on any atom is -0.363 e. The summed E-state index contributed by atoms with van der Waals surface area (Å²) in [5, 5.41) is 8.14. The van der Waals surface area contributed by atoms with Gasteiger partial charge in [-0.05, 0) is 55.1 Å². The molecule has 0 aliphatic rings. The first-order valence-corrected chi connectivity index (χ1v) is 9.05. The molecule has 3 rings (SSSR count). The normalized spacial score (nSPS) is 10.5. The van der Waals surface area contributed by atoms with Crippen LogP contribution in [0.15, 0.2) is 41.8 Å². The van der Waals surface area contributed by atoms with E-state index in [1.54, 1.807) is 0 Å². The molecule has 0 atom stereocenters. The van der Waals surface area contributed by atoms with E-state index >= 15 is 0 Å². The summed E-state index contributed by atoms with van der Waals surface area (Å²) in [5.41, 5.74) is 2.73. The van der Waals surface area contributed by atoms with Crippen molar-refractivity contribution in [3.63, 3.8) is 0 Å². The second kappa shape index (κ2) is 7.53. The Labute approximate surface area is 156 Å². The lowest BCUT2D eigenvalue weighted by Crippen LogP contribution is -2.12. The van der Waals surface area contributed by atoms with Crippen LogP contribution in [0.2, 0.25) is 0 Å². The second-order valence-corrected chi connectivity index (χ2v) is 7.11. The highest BCUT2D eigenvalue weighted by Crippen LogP contribution is 2.21. The van der Waals surface area contributed by atoms with Gasteiger partial charge in [0.25, 0.3) is 5.91 Å². The largest absolute Gasteiger partial charge is 0.363 e. The van der Waals surface area contributed by atoms with Crippen LogP contribution in [0.1, 0.15) is 21.1 Å². The molecule has 1 aromatic carbocycles. The number of aromatic nitrogens is 2. The third-order valence-electron chi connectivity index (χ3n) is 3.65. The molecule has 2 heterocycles. The minimum absolute atomic E-state index is 0.0918. The van der Waals surface area contributed by atoms with Crippen LogP contribution < -0.4 is 15.5 Å². The van der Waals surface area contributed by atoms with Crippen LogP contribution in [0.5, 0.6) is 0 Å². The van der Waals surface area contributed by atoms with Crippen LogP contribution in [0.25, 0.3) is 0 Å². The number of anilines is 4. The van der Waals surface area contributed by atoms with E-state index in [1.165, 1.54) is 11.3 Å². The average molecular weight is 367 g/mol. The van der Waals surface area contributed by atoms with Gasteiger partial charge >= 0.3 is 0 Å². The van der Waals surface area contributed by atoms with Crippen LogP contribution in [0.4, 0.5) is 23.0 Å². The van der Waals surface area contributed by atoms with Gasteiger partial charge in [-0.15, -0.1) is 11.3 Å². The van der Waals surface area contributed by atoms with Crippen molar-refractivity contribution < 1.29 is 4.79 Å². The van der Waals surface area contributed by atoms with E-state index in [1.807, 2.05) is 74.6 Å². The number of carbonyl (C=O) groups is 1. The van der Waals surface area contributed by atoms with Crippen molar-refractivity contribution >= 4 is 40.3 Å². The van der Waals surface area contributed by atoms with Crippen molar-refractivity contribution in [1.29, 1.82) is 0 Å². The fraction of sp³-hybridized carbons (Fsp3) is 0.211. The van der Waals surface area contributed by atoms with Crippen molar-refractivity contribution in [3.05, 3.63) is 58.0 Å². The van der Waals surface area contributed by atoms with Crippen molar-refractivity contribution in [1.82, 2.24) is 9.97 Å². The van der Waals surface area contributed by atoms with E-state index in [9.17, 15) is 4.79 Å². The van der Waals surface area contributed by atoms with Gasteiger partial charge in [-0.3, -0.25) is 4.79 Å². The smallest absolute Gasteiger partial charge is 0.265 e. The number of hydrogen-bond acceptors (Lipinski definition) is 6. The zero-order valence-corrected chi connectivity index (χ0v) is 16.0. The Hall–Kier alpha value is -2.93. The fourth-order valence-corrected chi connectivity index (χ4v) is 3.17. The highest BCUT2D eigenvalue weighted by molar-refractivity contribution is 7.12. The predicted molar refractivity (Wildman–Crippen MR) is 108 cm³/mol. The van der Waals surface area contributed by atoms with Crippen LogP contribution in [0, 0.1) is 13.8 Å². The van der Waals surface area contributed by atoms with Crippen LogP contribution in [-0.2, 0) is 0 Å². The zero-order chi connectivity index (χ0) is 18.7. The molecule has 2 N–H and O–H groups in total. The molecule has 0 spiro atoms. The molecule has 26 heavy (non-hydrogen) atoms. The molecule has 7 heteroatoms. The number of thiophene rings is 1. The lowest BCUT2D eigenvalue weighted by atomic mass is 10.2. The number of nitrogens with one attached hydrogen (secondary N) is 2. The SMILES string of the molecule is Cc1csc(C(=O)Nc2ccc(Nc3cc(N(C)C)nc(C)n3)cc2)c1. The van der Waals surface area contributed by atoms with Gasteiger partial charge in [-0.25, -0.2) is 9.97 Å².